The topological polar surface area (TPSA) is 81.1 Å². The van der Waals surface area contributed by atoms with E-state index in [4.69, 9.17) is 0 Å². The number of sulfone groups is 1. The number of benzene rings is 2. The first kappa shape index (κ1) is 21.8. The molecule has 0 aliphatic rings. The molecule has 0 saturated heterocycles. The van der Waals surface area contributed by atoms with Gasteiger partial charge in [0.25, 0.3) is 5.91 Å². The second kappa shape index (κ2) is 9.26. The molecule has 0 fully saturated rings. The zero-order valence-corrected chi connectivity index (χ0v) is 18.4. The molecule has 0 radical (unpaired) electrons. The van der Waals surface area contributed by atoms with Gasteiger partial charge in [0.15, 0.2) is 9.84 Å². The van der Waals surface area contributed by atoms with Crippen molar-refractivity contribution in [3.05, 3.63) is 77.0 Å². The Labute approximate surface area is 177 Å². The maximum absolute atomic E-state index is 12.8. The van der Waals surface area contributed by atoms with Gasteiger partial charge >= 0.3 is 0 Å². The van der Waals surface area contributed by atoms with E-state index in [0.29, 0.717) is 17.8 Å². The molecule has 7 heteroatoms. The Morgan fingerprint density at radius 3 is 2.20 bits per heavy atom. The van der Waals surface area contributed by atoms with Gasteiger partial charge in [-0.25, -0.2) is 8.42 Å². The van der Waals surface area contributed by atoms with E-state index in [-0.39, 0.29) is 24.0 Å². The number of carbonyl (C=O) groups excluding carboxylic acids is 1. The Balaban J connectivity index is 1.87. The van der Waals surface area contributed by atoms with Crippen LogP contribution in [0.3, 0.4) is 0 Å². The first-order chi connectivity index (χ1) is 14.3. The monoisotopic (exact) mass is 425 g/mol. The highest BCUT2D eigenvalue weighted by atomic mass is 32.2. The molecule has 158 valence electrons. The van der Waals surface area contributed by atoms with E-state index in [0.717, 1.165) is 16.7 Å². The van der Waals surface area contributed by atoms with Gasteiger partial charge in [-0.05, 0) is 19.4 Å². The van der Waals surface area contributed by atoms with Crippen molar-refractivity contribution in [2.45, 2.75) is 27.3 Å². The van der Waals surface area contributed by atoms with Crippen LogP contribution in [0, 0.1) is 13.8 Å². The minimum atomic E-state index is -3.14. The number of nitrogens with one attached hydrogen (secondary N) is 1. The zero-order chi connectivity index (χ0) is 21.7. The van der Waals surface area contributed by atoms with Crippen LogP contribution in [0.2, 0.25) is 0 Å². The number of nitrogens with zero attached hydrogens (tertiary/aromatic N) is 2. The fraction of sp³-hybridized carbons (Fsp3) is 0.304. The minimum Gasteiger partial charge on any atom is -0.351 e. The van der Waals surface area contributed by atoms with Crippen molar-refractivity contribution in [2.75, 3.05) is 18.1 Å². The molecule has 0 saturated carbocycles. The summed E-state index contributed by atoms with van der Waals surface area (Å²) in [7, 11) is -3.14. The van der Waals surface area contributed by atoms with Crippen molar-refractivity contribution in [2.24, 2.45) is 0 Å². The van der Waals surface area contributed by atoms with Crippen LogP contribution in [0.5, 0.6) is 0 Å². The molecular formula is C23H27N3O3S. The van der Waals surface area contributed by atoms with Gasteiger partial charge in [-0.3, -0.25) is 9.48 Å². The van der Waals surface area contributed by atoms with Gasteiger partial charge < -0.3 is 5.32 Å². The molecule has 30 heavy (non-hydrogen) atoms. The molecule has 0 aliphatic carbocycles. The Hall–Kier alpha value is -2.93. The summed E-state index contributed by atoms with van der Waals surface area (Å²) in [5.74, 6) is -0.342. The van der Waals surface area contributed by atoms with Gasteiger partial charge in [-0.1, -0.05) is 66.6 Å². The van der Waals surface area contributed by atoms with Crippen LogP contribution in [0.4, 0.5) is 0 Å². The predicted octanol–water partition coefficient (Wildman–Crippen LogP) is 3.38. The summed E-state index contributed by atoms with van der Waals surface area (Å²) in [5.41, 5.74) is 5.24. The summed E-state index contributed by atoms with van der Waals surface area (Å²) < 4.78 is 25.1. The molecule has 3 rings (SSSR count). The summed E-state index contributed by atoms with van der Waals surface area (Å²) >= 11 is 0. The van der Waals surface area contributed by atoms with Crippen LogP contribution in [0.1, 0.15) is 34.0 Å². The molecular weight excluding hydrogens is 398 g/mol. The number of aromatic nitrogens is 2. The lowest BCUT2D eigenvalue weighted by molar-refractivity contribution is 0.0956. The lowest BCUT2D eigenvalue weighted by Gasteiger charge is -2.06. The van der Waals surface area contributed by atoms with E-state index in [2.05, 4.69) is 10.4 Å². The number of rotatable bonds is 8. The fourth-order valence-electron chi connectivity index (χ4n) is 3.03. The molecule has 1 aromatic heterocycles. The third kappa shape index (κ3) is 5.57. The largest absolute Gasteiger partial charge is 0.351 e. The van der Waals surface area contributed by atoms with Crippen LogP contribution in [-0.2, 0) is 16.4 Å². The lowest BCUT2D eigenvalue weighted by atomic mass is 10.1. The molecule has 1 N–H and O–H groups in total. The molecule has 0 bridgehead atoms. The van der Waals surface area contributed by atoms with Gasteiger partial charge in [-0.2, -0.15) is 5.10 Å². The van der Waals surface area contributed by atoms with Crippen LogP contribution in [-0.4, -0.2) is 42.2 Å². The van der Waals surface area contributed by atoms with E-state index in [1.165, 1.54) is 5.56 Å². The maximum Gasteiger partial charge on any atom is 0.255 e. The van der Waals surface area contributed by atoms with Gasteiger partial charge in [0.2, 0.25) is 0 Å². The highest BCUT2D eigenvalue weighted by molar-refractivity contribution is 7.91. The molecule has 1 amide bonds. The molecule has 0 atom stereocenters. The van der Waals surface area contributed by atoms with Crippen molar-refractivity contribution < 1.29 is 13.2 Å². The molecule has 0 spiro atoms. The van der Waals surface area contributed by atoms with Crippen molar-refractivity contribution in [1.29, 1.82) is 0 Å². The number of carbonyl (C=O) groups is 1. The first-order valence-corrected chi connectivity index (χ1v) is 11.8. The summed E-state index contributed by atoms with van der Waals surface area (Å²) in [6, 6.07) is 16.0. The number of hydrogen-bond acceptors (Lipinski definition) is 4. The van der Waals surface area contributed by atoms with Crippen LogP contribution in [0.25, 0.3) is 11.3 Å². The van der Waals surface area contributed by atoms with Gasteiger partial charge in [0.1, 0.15) is 5.69 Å². The summed E-state index contributed by atoms with van der Waals surface area (Å²) in [4.78, 5) is 12.8. The van der Waals surface area contributed by atoms with E-state index in [1.54, 1.807) is 17.8 Å². The number of hydrogen-bond donors (Lipinski definition) is 1. The Kier molecular flexibility index (Phi) is 6.72. The quantitative estimate of drug-likeness (QED) is 0.600. The molecule has 3 aromatic rings. The number of aryl methyl sites for hydroxylation is 2. The average molecular weight is 426 g/mol. The second-order valence-corrected chi connectivity index (χ2v) is 9.91. The lowest BCUT2D eigenvalue weighted by Crippen LogP contribution is -2.29. The Morgan fingerprint density at radius 1 is 1.00 bits per heavy atom. The van der Waals surface area contributed by atoms with Crippen molar-refractivity contribution in [3.8, 4) is 11.3 Å². The Bertz CT molecular complexity index is 1120. The second-order valence-electron chi connectivity index (χ2n) is 7.43. The van der Waals surface area contributed by atoms with E-state index in [9.17, 15) is 13.2 Å². The summed E-state index contributed by atoms with van der Waals surface area (Å²) in [6.45, 7) is 6.25. The zero-order valence-electron chi connectivity index (χ0n) is 17.6. The standard InChI is InChI=1S/C23H27N3O3S/c1-4-30(28,29)14-13-24-23(27)21-16-26(15-19-9-5-17(2)6-10-19)25-22(21)20-11-7-18(3)8-12-20/h5-12,16H,4,13-15H2,1-3H3,(H,24,27). The van der Waals surface area contributed by atoms with E-state index in [1.807, 2.05) is 62.4 Å². The minimum absolute atomic E-state index is 0.0615. The van der Waals surface area contributed by atoms with Gasteiger partial charge in [0, 0.05) is 24.1 Å². The smallest absolute Gasteiger partial charge is 0.255 e. The molecule has 0 unspecified atom stereocenters. The van der Waals surface area contributed by atoms with Crippen LogP contribution in [0.15, 0.2) is 54.7 Å². The van der Waals surface area contributed by atoms with E-state index >= 15 is 0 Å². The average Bonchev–Trinajstić information content (AvgIpc) is 3.14. The number of amides is 1. The first-order valence-electron chi connectivity index (χ1n) is 9.96. The highest BCUT2D eigenvalue weighted by Gasteiger charge is 2.19. The van der Waals surface area contributed by atoms with Crippen molar-refractivity contribution in [3.63, 3.8) is 0 Å². The highest BCUT2D eigenvalue weighted by Crippen LogP contribution is 2.23. The summed E-state index contributed by atoms with van der Waals surface area (Å²) in [6.07, 6.45) is 1.72. The summed E-state index contributed by atoms with van der Waals surface area (Å²) in [5, 5.41) is 7.38. The van der Waals surface area contributed by atoms with Gasteiger partial charge in [0.05, 0.1) is 17.9 Å². The predicted molar refractivity (Wildman–Crippen MR) is 119 cm³/mol. The van der Waals surface area contributed by atoms with Crippen molar-refractivity contribution in [1.82, 2.24) is 15.1 Å². The van der Waals surface area contributed by atoms with E-state index < -0.39 is 9.84 Å². The normalized spacial score (nSPS) is 11.4. The molecule has 2 aromatic carbocycles. The SMILES string of the molecule is CCS(=O)(=O)CCNC(=O)c1cn(Cc2ccc(C)cc2)nc1-c1ccc(C)cc1. The molecule has 1 heterocycles. The molecule has 6 nitrogen and oxygen atoms in total. The van der Waals surface area contributed by atoms with Crippen LogP contribution < -0.4 is 5.32 Å². The van der Waals surface area contributed by atoms with Gasteiger partial charge in [-0.15, -0.1) is 0 Å². The molecule has 0 aliphatic heterocycles. The maximum atomic E-state index is 12.8. The Morgan fingerprint density at radius 2 is 1.60 bits per heavy atom. The van der Waals surface area contributed by atoms with Crippen LogP contribution >= 0.6 is 0 Å². The van der Waals surface area contributed by atoms with Crippen molar-refractivity contribution >= 4 is 15.7 Å². The third-order valence-corrected chi connectivity index (χ3v) is 6.64. The third-order valence-electron chi connectivity index (χ3n) is 4.93. The fourth-order valence-corrected chi connectivity index (χ4v) is 3.74.